The highest BCUT2D eigenvalue weighted by Gasteiger charge is 2.25. The average Bonchev–Trinajstić information content (AvgIpc) is 2.54. The van der Waals surface area contributed by atoms with Crippen molar-refractivity contribution >= 4 is 22.6 Å². The van der Waals surface area contributed by atoms with Gasteiger partial charge in [0.2, 0.25) is 0 Å². The van der Waals surface area contributed by atoms with Gasteiger partial charge in [-0.05, 0) is 25.0 Å². The van der Waals surface area contributed by atoms with E-state index in [1.54, 1.807) is 12.3 Å². The number of aromatic nitrogens is 2. The van der Waals surface area contributed by atoms with E-state index in [4.69, 9.17) is 10.4 Å². The molecular weight excluding hydrogens is 268 g/mol. The van der Waals surface area contributed by atoms with E-state index in [0.717, 1.165) is 11.1 Å². The highest BCUT2D eigenvalue weighted by atomic mass is 16.4. The molecular formula is C15H14N4O2. The Labute approximate surface area is 121 Å². The molecule has 1 N–H and O–H groups in total. The lowest BCUT2D eigenvalue weighted by Crippen LogP contribution is -2.36. The maximum Gasteiger partial charge on any atom is 0.306 e. The second-order valence-electron chi connectivity index (χ2n) is 5.13. The third kappa shape index (κ3) is 2.38. The molecule has 1 fully saturated rings. The van der Waals surface area contributed by atoms with Crippen molar-refractivity contribution in [1.82, 2.24) is 9.97 Å². The summed E-state index contributed by atoms with van der Waals surface area (Å²) >= 11 is 0. The van der Waals surface area contributed by atoms with Crippen molar-refractivity contribution in [3.05, 3.63) is 30.2 Å². The second kappa shape index (κ2) is 5.37. The van der Waals surface area contributed by atoms with Crippen LogP contribution in [0.1, 0.15) is 18.4 Å². The molecule has 0 amide bonds. The molecule has 0 atom stereocenters. The van der Waals surface area contributed by atoms with Gasteiger partial charge >= 0.3 is 5.97 Å². The van der Waals surface area contributed by atoms with Crippen LogP contribution >= 0.6 is 0 Å². The van der Waals surface area contributed by atoms with E-state index >= 15 is 0 Å². The molecule has 3 rings (SSSR count). The summed E-state index contributed by atoms with van der Waals surface area (Å²) in [5.74, 6) is -0.982. The predicted molar refractivity (Wildman–Crippen MR) is 76.8 cm³/mol. The van der Waals surface area contributed by atoms with Gasteiger partial charge in [0.25, 0.3) is 0 Å². The summed E-state index contributed by atoms with van der Waals surface area (Å²) in [6.07, 6.45) is 4.40. The standard InChI is InChI=1S/C15H14N4O2/c16-7-11-1-2-13(12-8-17-9-18-14(11)12)19-5-3-10(4-6-19)15(20)21/h1-2,8-10H,3-6H2,(H,20,21). The molecule has 0 bridgehead atoms. The monoisotopic (exact) mass is 282 g/mol. The predicted octanol–water partition coefficient (Wildman–Crippen LogP) is 1.80. The Kier molecular flexibility index (Phi) is 3.40. The normalized spacial score (nSPS) is 15.9. The van der Waals surface area contributed by atoms with Crippen LogP contribution < -0.4 is 4.90 Å². The van der Waals surface area contributed by atoms with Gasteiger partial charge in [0, 0.05) is 30.4 Å². The highest BCUT2D eigenvalue weighted by Crippen LogP contribution is 2.30. The molecule has 1 aliphatic heterocycles. The fraction of sp³-hybridized carbons (Fsp3) is 0.333. The van der Waals surface area contributed by atoms with Gasteiger partial charge in [-0.15, -0.1) is 0 Å². The highest BCUT2D eigenvalue weighted by molar-refractivity contribution is 5.94. The Balaban J connectivity index is 1.96. The van der Waals surface area contributed by atoms with Crippen LogP contribution in [0.15, 0.2) is 24.7 Å². The van der Waals surface area contributed by atoms with Gasteiger partial charge in [0.05, 0.1) is 17.0 Å². The van der Waals surface area contributed by atoms with Crippen molar-refractivity contribution in [2.75, 3.05) is 18.0 Å². The van der Waals surface area contributed by atoms with Crippen LogP contribution in [-0.2, 0) is 4.79 Å². The zero-order valence-electron chi connectivity index (χ0n) is 11.4. The third-order valence-electron chi connectivity index (χ3n) is 3.96. The maximum absolute atomic E-state index is 11.0. The van der Waals surface area contributed by atoms with E-state index in [9.17, 15) is 4.79 Å². The summed E-state index contributed by atoms with van der Waals surface area (Å²) in [5, 5.41) is 19.0. The topological polar surface area (TPSA) is 90.1 Å². The van der Waals surface area contributed by atoms with Gasteiger partial charge < -0.3 is 10.0 Å². The summed E-state index contributed by atoms with van der Waals surface area (Å²) in [5.41, 5.74) is 2.13. The third-order valence-corrected chi connectivity index (χ3v) is 3.96. The Hall–Kier alpha value is -2.68. The number of carboxylic acids is 1. The molecule has 1 aromatic heterocycles. The molecule has 6 heteroatoms. The molecule has 2 heterocycles. The zero-order valence-corrected chi connectivity index (χ0v) is 11.4. The van der Waals surface area contributed by atoms with Gasteiger partial charge in [-0.25, -0.2) is 9.97 Å². The van der Waals surface area contributed by atoms with Crippen LogP contribution in [0.5, 0.6) is 0 Å². The van der Waals surface area contributed by atoms with Crippen LogP contribution in [0.3, 0.4) is 0 Å². The first kappa shape index (κ1) is 13.3. The van der Waals surface area contributed by atoms with E-state index < -0.39 is 5.97 Å². The molecule has 2 aromatic rings. The van der Waals surface area contributed by atoms with Crippen molar-refractivity contribution in [2.45, 2.75) is 12.8 Å². The summed E-state index contributed by atoms with van der Waals surface area (Å²) in [4.78, 5) is 21.4. The first-order valence-corrected chi connectivity index (χ1v) is 6.81. The number of nitriles is 1. The van der Waals surface area contributed by atoms with E-state index in [2.05, 4.69) is 20.9 Å². The number of carbonyl (C=O) groups is 1. The fourth-order valence-corrected chi connectivity index (χ4v) is 2.80. The van der Waals surface area contributed by atoms with Gasteiger partial charge in [0.15, 0.2) is 0 Å². The molecule has 1 aliphatic rings. The minimum absolute atomic E-state index is 0.262. The van der Waals surface area contributed by atoms with E-state index in [-0.39, 0.29) is 5.92 Å². The van der Waals surface area contributed by atoms with E-state index in [0.29, 0.717) is 37.0 Å². The number of benzene rings is 1. The lowest BCUT2D eigenvalue weighted by atomic mass is 9.96. The van der Waals surface area contributed by atoms with Gasteiger partial charge in [-0.1, -0.05) is 0 Å². The minimum Gasteiger partial charge on any atom is -0.481 e. The van der Waals surface area contributed by atoms with E-state index in [1.807, 2.05) is 6.07 Å². The first-order valence-electron chi connectivity index (χ1n) is 6.81. The van der Waals surface area contributed by atoms with Crippen LogP contribution in [0.25, 0.3) is 10.9 Å². The van der Waals surface area contributed by atoms with Crippen LogP contribution in [0, 0.1) is 17.2 Å². The van der Waals surface area contributed by atoms with Crippen molar-refractivity contribution in [1.29, 1.82) is 5.26 Å². The second-order valence-corrected chi connectivity index (χ2v) is 5.13. The molecule has 0 spiro atoms. The van der Waals surface area contributed by atoms with Crippen molar-refractivity contribution in [3.8, 4) is 6.07 Å². The molecule has 0 aliphatic carbocycles. The summed E-state index contributed by atoms with van der Waals surface area (Å²) in [6, 6.07) is 5.79. The van der Waals surface area contributed by atoms with Gasteiger partial charge in [-0.3, -0.25) is 4.79 Å². The zero-order chi connectivity index (χ0) is 14.8. The molecule has 1 aromatic carbocycles. The summed E-state index contributed by atoms with van der Waals surface area (Å²) < 4.78 is 0. The molecule has 0 radical (unpaired) electrons. The number of hydrogen-bond acceptors (Lipinski definition) is 5. The molecule has 0 unspecified atom stereocenters. The number of aliphatic carboxylic acids is 1. The molecule has 0 saturated carbocycles. The average molecular weight is 282 g/mol. The lowest BCUT2D eigenvalue weighted by molar-refractivity contribution is -0.142. The van der Waals surface area contributed by atoms with Crippen molar-refractivity contribution in [3.63, 3.8) is 0 Å². The van der Waals surface area contributed by atoms with Crippen molar-refractivity contribution in [2.24, 2.45) is 5.92 Å². The SMILES string of the molecule is N#Cc1ccc(N2CCC(C(=O)O)CC2)c2cncnc12. The Morgan fingerprint density at radius 1 is 1.38 bits per heavy atom. The number of anilines is 1. The molecule has 106 valence electrons. The first-order chi connectivity index (χ1) is 10.2. The smallest absolute Gasteiger partial charge is 0.306 e. The van der Waals surface area contributed by atoms with Crippen molar-refractivity contribution < 1.29 is 9.90 Å². The van der Waals surface area contributed by atoms with Gasteiger partial charge in [0.1, 0.15) is 12.4 Å². The summed E-state index contributed by atoms with van der Waals surface area (Å²) in [6.45, 7) is 1.37. The van der Waals surface area contributed by atoms with E-state index in [1.165, 1.54) is 6.33 Å². The number of rotatable bonds is 2. The maximum atomic E-state index is 11.0. The number of fused-ring (bicyclic) bond motifs is 1. The Bertz CT molecular complexity index is 730. The molecule has 21 heavy (non-hydrogen) atoms. The molecule has 6 nitrogen and oxygen atoms in total. The fourth-order valence-electron chi connectivity index (χ4n) is 2.80. The quantitative estimate of drug-likeness (QED) is 0.903. The number of nitrogens with zero attached hydrogens (tertiary/aromatic N) is 4. The largest absolute Gasteiger partial charge is 0.481 e. The van der Waals surface area contributed by atoms with Crippen LogP contribution in [-0.4, -0.2) is 34.1 Å². The molecule has 1 saturated heterocycles. The minimum atomic E-state index is -0.720. The summed E-state index contributed by atoms with van der Waals surface area (Å²) in [7, 11) is 0. The number of piperidine rings is 1. The number of carboxylic acid groups (broad SMARTS) is 1. The lowest BCUT2D eigenvalue weighted by Gasteiger charge is -2.32. The van der Waals surface area contributed by atoms with Gasteiger partial charge in [-0.2, -0.15) is 5.26 Å². The Morgan fingerprint density at radius 2 is 2.14 bits per heavy atom. The number of hydrogen-bond donors (Lipinski definition) is 1. The van der Waals surface area contributed by atoms with Crippen LogP contribution in [0.4, 0.5) is 5.69 Å². The Morgan fingerprint density at radius 3 is 2.81 bits per heavy atom. The van der Waals surface area contributed by atoms with Crippen LogP contribution in [0.2, 0.25) is 0 Å².